The highest BCUT2D eigenvalue weighted by atomic mass is 35.5. The predicted octanol–water partition coefficient (Wildman–Crippen LogP) is 2.16. The van der Waals surface area contributed by atoms with Crippen molar-refractivity contribution in [1.82, 2.24) is 5.32 Å². The normalized spacial score (nSPS) is 26.1. The summed E-state index contributed by atoms with van der Waals surface area (Å²) >= 11 is 5.99. The molecule has 3 N–H and O–H groups in total. The molecule has 2 aliphatic rings. The fourth-order valence-corrected chi connectivity index (χ4v) is 3.68. The van der Waals surface area contributed by atoms with Gasteiger partial charge in [-0.3, -0.25) is 4.79 Å². The zero-order valence-corrected chi connectivity index (χ0v) is 12.2. The van der Waals surface area contributed by atoms with Crippen LogP contribution in [0.3, 0.4) is 0 Å². The van der Waals surface area contributed by atoms with Crippen LogP contribution in [0.5, 0.6) is 0 Å². The van der Waals surface area contributed by atoms with Crippen LogP contribution >= 0.6 is 11.6 Å². The van der Waals surface area contributed by atoms with Gasteiger partial charge in [0.05, 0.1) is 5.56 Å². The van der Waals surface area contributed by atoms with E-state index in [4.69, 9.17) is 17.3 Å². The lowest BCUT2D eigenvalue weighted by Gasteiger charge is -2.32. The Morgan fingerprint density at radius 2 is 2.20 bits per heavy atom. The highest BCUT2D eigenvalue weighted by Crippen LogP contribution is 2.33. The van der Waals surface area contributed by atoms with E-state index in [9.17, 15) is 4.79 Å². The number of hydrogen-bond donors (Lipinski definition) is 2. The Labute approximate surface area is 124 Å². The molecule has 0 bridgehead atoms. The van der Waals surface area contributed by atoms with Crippen LogP contribution in [0.4, 0.5) is 5.69 Å². The number of carbonyl (C=O) groups excluding carboxylic acids is 1. The third-order valence-corrected chi connectivity index (χ3v) is 4.63. The van der Waals surface area contributed by atoms with Gasteiger partial charge in [0.25, 0.3) is 5.91 Å². The summed E-state index contributed by atoms with van der Waals surface area (Å²) in [7, 11) is 0. The fourth-order valence-electron chi connectivity index (χ4n) is 3.51. The lowest BCUT2D eigenvalue weighted by molar-refractivity contribution is 0.100. The van der Waals surface area contributed by atoms with Crippen LogP contribution in [0.1, 0.15) is 36.0 Å². The van der Waals surface area contributed by atoms with Gasteiger partial charge in [-0.25, -0.2) is 0 Å². The SMILES string of the molecule is NC(=O)c1cc(Cl)ccc1N1CCCC1C1CCCN1. The van der Waals surface area contributed by atoms with Gasteiger partial charge in [0.2, 0.25) is 0 Å². The molecule has 0 radical (unpaired) electrons. The van der Waals surface area contributed by atoms with E-state index in [1.54, 1.807) is 6.07 Å². The van der Waals surface area contributed by atoms with Gasteiger partial charge in [0.15, 0.2) is 0 Å². The third kappa shape index (κ3) is 2.50. The first-order valence-electron chi connectivity index (χ1n) is 7.26. The smallest absolute Gasteiger partial charge is 0.250 e. The van der Waals surface area contributed by atoms with E-state index in [0.29, 0.717) is 22.7 Å². The van der Waals surface area contributed by atoms with Gasteiger partial charge in [-0.05, 0) is 50.4 Å². The molecular weight excluding hydrogens is 274 g/mol. The van der Waals surface area contributed by atoms with Gasteiger partial charge >= 0.3 is 0 Å². The number of benzene rings is 1. The summed E-state index contributed by atoms with van der Waals surface area (Å²) in [5, 5.41) is 4.13. The zero-order chi connectivity index (χ0) is 14.1. The van der Waals surface area contributed by atoms with E-state index in [1.165, 1.54) is 19.3 Å². The maximum absolute atomic E-state index is 11.7. The van der Waals surface area contributed by atoms with Gasteiger partial charge in [-0.1, -0.05) is 11.6 Å². The lowest BCUT2D eigenvalue weighted by Crippen LogP contribution is -2.44. The molecule has 2 atom stereocenters. The van der Waals surface area contributed by atoms with Crippen LogP contribution in [-0.4, -0.2) is 31.1 Å². The molecule has 3 rings (SSSR count). The van der Waals surface area contributed by atoms with Crippen LogP contribution in [0.15, 0.2) is 18.2 Å². The van der Waals surface area contributed by atoms with Crippen molar-refractivity contribution in [3.05, 3.63) is 28.8 Å². The molecule has 108 valence electrons. The first-order valence-corrected chi connectivity index (χ1v) is 7.64. The summed E-state index contributed by atoms with van der Waals surface area (Å²) in [6.45, 7) is 2.07. The average molecular weight is 294 g/mol. The maximum atomic E-state index is 11.7. The molecule has 2 unspecified atom stereocenters. The number of nitrogens with two attached hydrogens (primary N) is 1. The second-order valence-electron chi connectivity index (χ2n) is 5.63. The molecule has 0 spiro atoms. The monoisotopic (exact) mass is 293 g/mol. The number of anilines is 1. The lowest BCUT2D eigenvalue weighted by atomic mass is 10.0. The van der Waals surface area contributed by atoms with Gasteiger partial charge < -0.3 is 16.0 Å². The molecule has 0 aliphatic carbocycles. The molecule has 0 saturated carbocycles. The summed E-state index contributed by atoms with van der Waals surface area (Å²) in [5.74, 6) is -0.410. The Kier molecular flexibility index (Phi) is 3.85. The minimum absolute atomic E-state index is 0.410. The Bertz CT molecular complexity index is 514. The fraction of sp³-hybridized carbons (Fsp3) is 0.533. The highest BCUT2D eigenvalue weighted by molar-refractivity contribution is 6.31. The zero-order valence-electron chi connectivity index (χ0n) is 11.4. The number of rotatable bonds is 3. The molecular formula is C15H20ClN3O. The Morgan fingerprint density at radius 1 is 1.35 bits per heavy atom. The third-order valence-electron chi connectivity index (χ3n) is 4.40. The van der Waals surface area contributed by atoms with Crippen molar-refractivity contribution in [2.45, 2.75) is 37.8 Å². The van der Waals surface area contributed by atoms with E-state index in [0.717, 1.165) is 25.2 Å². The van der Waals surface area contributed by atoms with Crippen molar-refractivity contribution < 1.29 is 4.79 Å². The van der Waals surface area contributed by atoms with Crippen LogP contribution in [0.25, 0.3) is 0 Å². The molecule has 2 heterocycles. The summed E-state index contributed by atoms with van der Waals surface area (Å²) in [6, 6.07) is 6.42. The van der Waals surface area contributed by atoms with Crippen LogP contribution in [-0.2, 0) is 0 Å². The Hall–Kier alpha value is -1.26. The number of amides is 1. The van der Waals surface area contributed by atoms with Crippen LogP contribution < -0.4 is 16.0 Å². The molecule has 2 fully saturated rings. The molecule has 20 heavy (non-hydrogen) atoms. The van der Waals surface area contributed by atoms with Crippen LogP contribution in [0.2, 0.25) is 5.02 Å². The Morgan fingerprint density at radius 3 is 2.90 bits per heavy atom. The van der Waals surface area contributed by atoms with Crippen molar-refractivity contribution in [3.8, 4) is 0 Å². The van der Waals surface area contributed by atoms with Crippen LogP contribution in [0, 0.1) is 0 Å². The van der Waals surface area contributed by atoms with Gasteiger partial charge in [0.1, 0.15) is 0 Å². The van der Waals surface area contributed by atoms with Crippen molar-refractivity contribution >= 4 is 23.2 Å². The van der Waals surface area contributed by atoms with E-state index in [-0.39, 0.29) is 0 Å². The molecule has 0 aromatic heterocycles. The van der Waals surface area contributed by atoms with E-state index in [2.05, 4.69) is 10.2 Å². The molecule has 2 aliphatic heterocycles. The van der Waals surface area contributed by atoms with Crippen molar-refractivity contribution in [3.63, 3.8) is 0 Å². The minimum atomic E-state index is -0.410. The quantitative estimate of drug-likeness (QED) is 0.898. The van der Waals surface area contributed by atoms with E-state index < -0.39 is 5.91 Å². The number of carbonyl (C=O) groups is 1. The largest absolute Gasteiger partial charge is 0.366 e. The predicted molar refractivity (Wildman–Crippen MR) is 81.4 cm³/mol. The number of halogens is 1. The molecule has 1 aromatic rings. The second-order valence-corrected chi connectivity index (χ2v) is 6.07. The topological polar surface area (TPSA) is 58.4 Å². The molecule has 5 heteroatoms. The average Bonchev–Trinajstić information content (AvgIpc) is 3.09. The van der Waals surface area contributed by atoms with E-state index >= 15 is 0 Å². The number of primary amides is 1. The standard InChI is InChI=1S/C15H20ClN3O/c16-10-5-6-13(11(9-10)15(17)20)19-8-2-4-14(19)12-3-1-7-18-12/h5-6,9,12,14,18H,1-4,7-8H2,(H2,17,20). The highest BCUT2D eigenvalue weighted by Gasteiger charge is 2.34. The van der Waals surface area contributed by atoms with Crippen molar-refractivity contribution in [2.24, 2.45) is 5.73 Å². The summed E-state index contributed by atoms with van der Waals surface area (Å²) < 4.78 is 0. The van der Waals surface area contributed by atoms with Gasteiger partial charge in [-0.2, -0.15) is 0 Å². The van der Waals surface area contributed by atoms with Crippen molar-refractivity contribution in [1.29, 1.82) is 0 Å². The minimum Gasteiger partial charge on any atom is -0.366 e. The first kappa shape index (κ1) is 13.7. The van der Waals surface area contributed by atoms with Gasteiger partial charge in [-0.15, -0.1) is 0 Å². The summed E-state index contributed by atoms with van der Waals surface area (Å²) in [6.07, 6.45) is 4.77. The van der Waals surface area contributed by atoms with Crippen molar-refractivity contribution in [2.75, 3.05) is 18.0 Å². The van der Waals surface area contributed by atoms with E-state index in [1.807, 2.05) is 12.1 Å². The summed E-state index contributed by atoms with van der Waals surface area (Å²) in [5.41, 5.74) is 6.97. The molecule has 1 aromatic carbocycles. The number of nitrogens with zero attached hydrogens (tertiary/aromatic N) is 1. The first-order chi connectivity index (χ1) is 9.66. The van der Waals surface area contributed by atoms with Gasteiger partial charge in [0, 0.05) is 29.3 Å². The molecule has 2 saturated heterocycles. The molecule has 4 nitrogen and oxygen atoms in total. The molecule has 1 amide bonds. The Balaban J connectivity index is 1.92. The number of nitrogens with one attached hydrogen (secondary N) is 1. The second kappa shape index (κ2) is 5.62. The summed E-state index contributed by atoms with van der Waals surface area (Å²) in [4.78, 5) is 14.0. The number of hydrogen-bond acceptors (Lipinski definition) is 3. The maximum Gasteiger partial charge on any atom is 0.250 e.